The minimum atomic E-state index is 0.266. The van der Waals surface area contributed by atoms with Gasteiger partial charge in [-0.1, -0.05) is 30.3 Å². The van der Waals surface area contributed by atoms with E-state index < -0.39 is 0 Å². The van der Waals surface area contributed by atoms with Crippen LogP contribution < -0.4 is 5.32 Å². The predicted octanol–water partition coefficient (Wildman–Crippen LogP) is 2.71. The summed E-state index contributed by atoms with van der Waals surface area (Å²) in [5, 5.41) is 12.3. The van der Waals surface area contributed by atoms with Crippen LogP contribution in [0.1, 0.15) is 12.2 Å². The molecule has 3 aromatic heterocycles. The van der Waals surface area contributed by atoms with E-state index in [4.69, 9.17) is 0 Å². The minimum Gasteiger partial charge on any atom is -0.365 e. The summed E-state index contributed by atoms with van der Waals surface area (Å²) in [6.45, 7) is 0.812. The first-order valence-corrected chi connectivity index (χ1v) is 8.68. The van der Waals surface area contributed by atoms with Crippen molar-refractivity contribution in [1.29, 1.82) is 0 Å². The minimum absolute atomic E-state index is 0.266. The van der Waals surface area contributed by atoms with Gasteiger partial charge in [0.2, 0.25) is 0 Å². The summed E-state index contributed by atoms with van der Waals surface area (Å²) in [6, 6.07) is 14.4. The van der Waals surface area contributed by atoms with Crippen molar-refractivity contribution in [3.8, 4) is 11.4 Å². The van der Waals surface area contributed by atoms with E-state index >= 15 is 0 Å². The summed E-state index contributed by atoms with van der Waals surface area (Å²) in [5.74, 6) is 2.78. The number of anilines is 1. The van der Waals surface area contributed by atoms with Crippen molar-refractivity contribution < 1.29 is 0 Å². The van der Waals surface area contributed by atoms with Crippen LogP contribution in [0.2, 0.25) is 0 Å². The highest BCUT2D eigenvalue weighted by Gasteiger charge is 2.23. The number of aromatic nitrogens is 6. The standard InChI is InChI=1S/C19H17N7/c1-2-4-13(5-3-1)19-25-24-17-9-6-14(12-26(17)19)22-16-8-7-15-18(23-16)21-11-10-20-15/h1-5,7-8,10-11,14H,6,9,12H2,(H,21,22,23)/t14-/m0/s1. The number of pyridine rings is 1. The Morgan fingerprint density at radius 2 is 1.85 bits per heavy atom. The largest absolute Gasteiger partial charge is 0.365 e. The summed E-state index contributed by atoms with van der Waals surface area (Å²) in [5.41, 5.74) is 2.54. The molecule has 0 bridgehead atoms. The van der Waals surface area contributed by atoms with Crippen LogP contribution in [-0.4, -0.2) is 35.8 Å². The van der Waals surface area contributed by atoms with Gasteiger partial charge in [0.15, 0.2) is 11.5 Å². The maximum atomic E-state index is 4.57. The molecule has 0 aliphatic carbocycles. The molecule has 0 saturated carbocycles. The van der Waals surface area contributed by atoms with Crippen LogP contribution in [0.4, 0.5) is 5.82 Å². The number of nitrogens with one attached hydrogen (secondary N) is 1. The highest BCUT2D eigenvalue weighted by atomic mass is 15.3. The zero-order valence-electron chi connectivity index (χ0n) is 14.1. The van der Waals surface area contributed by atoms with Crippen molar-refractivity contribution >= 4 is 17.0 Å². The monoisotopic (exact) mass is 343 g/mol. The Kier molecular flexibility index (Phi) is 3.55. The molecule has 1 N–H and O–H groups in total. The highest BCUT2D eigenvalue weighted by molar-refractivity contribution is 5.71. The second-order valence-corrected chi connectivity index (χ2v) is 6.39. The van der Waals surface area contributed by atoms with Gasteiger partial charge in [-0.25, -0.2) is 9.97 Å². The van der Waals surface area contributed by atoms with Crippen molar-refractivity contribution in [2.45, 2.75) is 25.4 Å². The van der Waals surface area contributed by atoms with Gasteiger partial charge in [0.25, 0.3) is 0 Å². The summed E-state index contributed by atoms with van der Waals surface area (Å²) >= 11 is 0. The summed E-state index contributed by atoms with van der Waals surface area (Å²) in [7, 11) is 0. The number of aryl methyl sites for hydroxylation is 1. The topological polar surface area (TPSA) is 81.4 Å². The van der Waals surface area contributed by atoms with E-state index in [1.807, 2.05) is 30.3 Å². The van der Waals surface area contributed by atoms with Crippen LogP contribution in [0.5, 0.6) is 0 Å². The van der Waals surface area contributed by atoms with Gasteiger partial charge in [0.1, 0.15) is 17.2 Å². The van der Waals surface area contributed by atoms with Crippen molar-refractivity contribution in [3.05, 3.63) is 60.7 Å². The molecule has 128 valence electrons. The number of nitrogens with zero attached hydrogens (tertiary/aromatic N) is 6. The number of benzene rings is 1. The molecule has 1 aliphatic heterocycles. The second kappa shape index (κ2) is 6.18. The normalized spacial score (nSPS) is 16.4. The van der Waals surface area contributed by atoms with Gasteiger partial charge in [-0.15, -0.1) is 10.2 Å². The van der Waals surface area contributed by atoms with Gasteiger partial charge < -0.3 is 9.88 Å². The van der Waals surface area contributed by atoms with E-state index in [-0.39, 0.29) is 6.04 Å². The molecule has 7 heteroatoms. The summed E-state index contributed by atoms with van der Waals surface area (Å²) < 4.78 is 2.21. The van der Waals surface area contributed by atoms with Crippen molar-refractivity contribution in [2.75, 3.05) is 5.32 Å². The first-order chi connectivity index (χ1) is 12.9. The van der Waals surface area contributed by atoms with E-state index in [2.05, 4.69) is 47.2 Å². The van der Waals surface area contributed by atoms with Crippen LogP contribution >= 0.6 is 0 Å². The zero-order valence-corrected chi connectivity index (χ0v) is 14.1. The van der Waals surface area contributed by atoms with Crippen molar-refractivity contribution in [2.24, 2.45) is 0 Å². The first-order valence-electron chi connectivity index (χ1n) is 8.68. The average molecular weight is 343 g/mol. The predicted molar refractivity (Wildman–Crippen MR) is 98.5 cm³/mol. The molecule has 0 amide bonds. The third-order valence-electron chi connectivity index (χ3n) is 4.66. The van der Waals surface area contributed by atoms with E-state index in [0.29, 0.717) is 5.65 Å². The Morgan fingerprint density at radius 1 is 0.962 bits per heavy atom. The van der Waals surface area contributed by atoms with Crippen LogP contribution in [0, 0.1) is 0 Å². The quantitative estimate of drug-likeness (QED) is 0.616. The van der Waals surface area contributed by atoms with Gasteiger partial charge in [-0.05, 0) is 18.6 Å². The van der Waals surface area contributed by atoms with E-state index in [0.717, 1.165) is 47.9 Å². The van der Waals surface area contributed by atoms with E-state index in [1.165, 1.54) is 0 Å². The maximum Gasteiger partial charge on any atom is 0.180 e. The van der Waals surface area contributed by atoms with E-state index in [9.17, 15) is 0 Å². The molecule has 7 nitrogen and oxygen atoms in total. The zero-order chi connectivity index (χ0) is 17.3. The number of fused-ring (bicyclic) bond motifs is 2. The maximum absolute atomic E-state index is 4.57. The molecule has 5 rings (SSSR count). The Morgan fingerprint density at radius 3 is 2.77 bits per heavy atom. The molecular weight excluding hydrogens is 326 g/mol. The van der Waals surface area contributed by atoms with Gasteiger partial charge in [-0.2, -0.15) is 0 Å². The fourth-order valence-electron chi connectivity index (χ4n) is 3.39. The third kappa shape index (κ3) is 2.67. The molecule has 1 aromatic carbocycles. The number of hydrogen-bond acceptors (Lipinski definition) is 6. The summed E-state index contributed by atoms with van der Waals surface area (Å²) in [6.07, 6.45) is 5.23. The second-order valence-electron chi connectivity index (χ2n) is 6.39. The summed E-state index contributed by atoms with van der Waals surface area (Å²) in [4.78, 5) is 13.1. The molecule has 0 saturated heterocycles. The first kappa shape index (κ1) is 14.9. The average Bonchev–Trinajstić information content (AvgIpc) is 3.12. The SMILES string of the molecule is c1ccc(-c2nnc3n2C[C@@H](Nc2ccc4nccnc4n2)CC3)cc1. The lowest BCUT2D eigenvalue weighted by Crippen LogP contribution is -2.32. The Balaban J connectivity index is 1.40. The fourth-order valence-corrected chi connectivity index (χ4v) is 3.39. The van der Waals surface area contributed by atoms with Crippen LogP contribution in [0.3, 0.4) is 0 Å². The number of hydrogen-bond donors (Lipinski definition) is 1. The fraction of sp³-hybridized carbons (Fsp3) is 0.211. The van der Waals surface area contributed by atoms with Gasteiger partial charge in [0.05, 0.1) is 0 Å². The Labute approximate surface area is 150 Å². The Hall–Kier alpha value is -3.35. The molecule has 4 aromatic rings. The van der Waals surface area contributed by atoms with Gasteiger partial charge >= 0.3 is 0 Å². The number of rotatable bonds is 3. The molecule has 26 heavy (non-hydrogen) atoms. The Bertz CT molecular complexity index is 1060. The van der Waals surface area contributed by atoms with Gasteiger partial charge in [-0.3, -0.25) is 4.98 Å². The molecule has 0 unspecified atom stereocenters. The lowest BCUT2D eigenvalue weighted by atomic mass is 10.1. The molecule has 1 aliphatic rings. The molecule has 0 spiro atoms. The molecule has 1 atom stereocenters. The van der Waals surface area contributed by atoms with Crippen LogP contribution in [-0.2, 0) is 13.0 Å². The molecule has 0 radical (unpaired) electrons. The third-order valence-corrected chi connectivity index (χ3v) is 4.66. The van der Waals surface area contributed by atoms with Crippen LogP contribution in [0.25, 0.3) is 22.6 Å². The molecular formula is C19H17N7. The van der Waals surface area contributed by atoms with Gasteiger partial charge in [0, 0.05) is 37.0 Å². The van der Waals surface area contributed by atoms with Crippen LogP contribution in [0.15, 0.2) is 54.9 Å². The smallest absolute Gasteiger partial charge is 0.180 e. The van der Waals surface area contributed by atoms with Crippen molar-refractivity contribution in [3.63, 3.8) is 0 Å². The lowest BCUT2D eigenvalue weighted by Gasteiger charge is -2.25. The molecule has 4 heterocycles. The lowest BCUT2D eigenvalue weighted by molar-refractivity contribution is 0.478. The highest BCUT2D eigenvalue weighted by Crippen LogP contribution is 2.24. The van der Waals surface area contributed by atoms with E-state index in [1.54, 1.807) is 12.4 Å². The molecule has 0 fully saturated rings. The van der Waals surface area contributed by atoms with Crippen molar-refractivity contribution in [1.82, 2.24) is 29.7 Å².